The molecule has 2 heteroatoms. The van der Waals surface area contributed by atoms with Crippen LogP contribution in [0.5, 0.6) is 0 Å². The fraction of sp³-hybridized carbons (Fsp3) is 0.375. The summed E-state index contributed by atoms with van der Waals surface area (Å²) in [4.78, 5) is 0. The van der Waals surface area contributed by atoms with Crippen LogP contribution in [0.3, 0.4) is 0 Å². The second-order valence-electron chi connectivity index (χ2n) is 5.06. The summed E-state index contributed by atoms with van der Waals surface area (Å²) in [7, 11) is 0. The second kappa shape index (κ2) is 5.51. The van der Waals surface area contributed by atoms with Gasteiger partial charge in [-0.25, -0.2) is 0 Å². The van der Waals surface area contributed by atoms with E-state index in [1.807, 2.05) is 0 Å². The summed E-state index contributed by atoms with van der Waals surface area (Å²) in [5, 5.41) is 9.79. The van der Waals surface area contributed by atoms with Crippen molar-refractivity contribution in [1.82, 2.24) is 10.6 Å². The Morgan fingerprint density at radius 2 is 2.00 bits per heavy atom. The van der Waals surface area contributed by atoms with Crippen LogP contribution in [0, 0.1) is 0 Å². The Hall–Kier alpha value is -1.38. The fourth-order valence-electron chi connectivity index (χ4n) is 2.76. The van der Waals surface area contributed by atoms with E-state index in [1.165, 1.54) is 35.7 Å². The molecule has 2 aromatic rings. The van der Waals surface area contributed by atoms with Gasteiger partial charge in [0, 0.05) is 19.1 Å². The first-order chi connectivity index (χ1) is 8.93. The number of hydrogen-bond donors (Lipinski definition) is 2. The van der Waals surface area contributed by atoms with Gasteiger partial charge in [-0.3, -0.25) is 0 Å². The molecule has 2 N–H and O–H groups in total. The molecular formula is C16H20N2. The van der Waals surface area contributed by atoms with Gasteiger partial charge in [-0.2, -0.15) is 0 Å². The Kier molecular flexibility index (Phi) is 3.58. The van der Waals surface area contributed by atoms with E-state index < -0.39 is 0 Å². The summed E-state index contributed by atoms with van der Waals surface area (Å²) in [6.07, 6.45) is 2.63. The molecule has 0 bridgehead atoms. The number of benzene rings is 2. The summed E-state index contributed by atoms with van der Waals surface area (Å²) >= 11 is 0. The van der Waals surface area contributed by atoms with Gasteiger partial charge >= 0.3 is 0 Å². The van der Waals surface area contributed by atoms with Crippen LogP contribution in [0.15, 0.2) is 42.5 Å². The lowest BCUT2D eigenvalue weighted by molar-refractivity contribution is 0.536. The summed E-state index contributed by atoms with van der Waals surface area (Å²) in [6.45, 7) is 3.21. The van der Waals surface area contributed by atoms with Gasteiger partial charge in [0.25, 0.3) is 0 Å². The third-order valence-electron chi connectivity index (χ3n) is 3.75. The zero-order valence-electron chi connectivity index (χ0n) is 10.7. The van der Waals surface area contributed by atoms with E-state index in [4.69, 9.17) is 0 Å². The van der Waals surface area contributed by atoms with Crippen LogP contribution in [-0.2, 0) is 6.54 Å². The van der Waals surface area contributed by atoms with Crippen molar-refractivity contribution < 1.29 is 0 Å². The normalized spacial score (nSPS) is 19.4. The van der Waals surface area contributed by atoms with Gasteiger partial charge in [-0.1, -0.05) is 42.5 Å². The van der Waals surface area contributed by atoms with Crippen molar-refractivity contribution in [3.63, 3.8) is 0 Å². The highest BCUT2D eigenvalue weighted by molar-refractivity contribution is 5.85. The summed E-state index contributed by atoms with van der Waals surface area (Å²) in [6, 6.07) is 15.8. The molecule has 1 aliphatic rings. The molecule has 0 unspecified atom stereocenters. The zero-order chi connectivity index (χ0) is 12.2. The van der Waals surface area contributed by atoms with Gasteiger partial charge in [0.05, 0.1) is 0 Å². The molecule has 0 spiro atoms. The average Bonchev–Trinajstić information content (AvgIpc) is 2.92. The minimum atomic E-state index is 0.667. The van der Waals surface area contributed by atoms with Gasteiger partial charge in [0.1, 0.15) is 0 Å². The molecule has 1 atom stereocenters. The van der Waals surface area contributed by atoms with Crippen molar-refractivity contribution in [1.29, 1.82) is 0 Å². The molecule has 94 valence electrons. The van der Waals surface area contributed by atoms with Crippen LogP contribution in [0.25, 0.3) is 10.8 Å². The van der Waals surface area contributed by atoms with E-state index in [-0.39, 0.29) is 0 Å². The molecule has 3 rings (SSSR count). The van der Waals surface area contributed by atoms with E-state index >= 15 is 0 Å². The molecule has 0 aromatic heterocycles. The smallest absolute Gasteiger partial charge is 0.0212 e. The molecule has 18 heavy (non-hydrogen) atoms. The number of hydrogen-bond acceptors (Lipinski definition) is 2. The van der Waals surface area contributed by atoms with E-state index in [0.29, 0.717) is 6.04 Å². The van der Waals surface area contributed by atoms with Gasteiger partial charge in [0.2, 0.25) is 0 Å². The number of fused-ring (bicyclic) bond motifs is 1. The van der Waals surface area contributed by atoms with E-state index in [2.05, 4.69) is 53.1 Å². The van der Waals surface area contributed by atoms with Crippen LogP contribution < -0.4 is 10.6 Å². The van der Waals surface area contributed by atoms with Crippen molar-refractivity contribution in [2.45, 2.75) is 25.4 Å². The van der Waals surface area contributed by atoms with E-state index in [0.717, 1.165) is 13.1 Å². The Morgan fingerprint density at radius 3 is 2.89 bits per heavy atom. The molecule has 0 radical (unpaired) electrons. The van der Waals surface area contributed by atoms with Gasteiger partial charge in [-0.05, 0) is 35.7 Å². The highest BCUT2D eigenvalue weighted by Gasteiger charge is 2.12. The number of rotatable bonds is 4. The van der Waals surface area contributed by atoms with Crippen LogP contribution in [0.4, 0.5) is 0 Å². The maximum atomic E-state index is 3.57. The van der Waals surface area contributed by atoms with Gasteiger partial charge in [0.15, 0.2) is 0 Å². The first-order valence-electron chi connectivity index (χ1n) is 6.84. The Balaban J connectivity index is 1.66. The molecule has 0 amide bonds. The summed E-state index contributed by atoms with van der Waals surface area (Å²) < 4.78 is 0. The Labute approximate surface area is 108 Å². The molecule has 0 saturated carbocycles. The lowest BCUT2D eigenvalue weighted by Crippen LogP contribution is -2.33. The molecular weight excluding hydrogens is 220 g/mol. The Morgan fingerprint density at radius 1 is 1.11 bits per heavy atom. The molecule has 1 saturated heterocycles. The zero-order valence-corrected chi connectivity index (χ0v) is 10.7. The maximum Gasteiger partial charge on any atom is 0.0212 e. The summed E-state index contributed by atoms with van der Waals surface area (Å²) in [5.41, 5.74) is 1.39. The molecule has 0 aliphatic carbocycles. The van der Waals surface area contributed by atoms with E-state index in [1.54, 1.807) is 0 Å². The first kappa shape index (κ1) is 11.7. The predicted octanol–water partition coefficient (Wildman–Crippen LogP) is 2.68. The highest BCUT2D eigenvalue weighted by Crippen LogP contribution is 2.18. The molecule has 1 heterocycles. The SMILES string of the molecule is c1ccc2c(CNC[C@@H]3CCCN3)cccc2c1. The van der Waals surface area contributed by atoms with Crippen molar-refractivity contribution in [2.75, 3.05) is 13.1 Å². The second-order valence-corrected chi connectivity index (χ2v) is 5.06. The van der Waals surface area contributed by atoms with Gasteiger partial charge < -0.3 is 10.6 Å². The predicted molar refractivity (Wildman–Crippen MR) is 76.7 cm³/mol. The van der Waals surface area contributed by atoms with Crippen LogP contribution in [0.2, 0.25) is 0 Å². The minimum absolute atomic E-state index is 0.667. The van der Waals surface area contributed by atoms with Crippen molar-refractivity contribution >= 4 is 10.8 Å². The monoisotopic (exact) mass is 240 g/mol. The lowest BCUT2D eigenvalue weighted by Gasteiger charge is -2.12. The third kappa shape index (κ3) is 2.55. The van der Waals surface area contributed by atoms with Crippen molar-refractivity contribution in [3.05, 3.63) is 48.0 Å². The largest absolute Gasteiger partial charge is 0.313 e. The molecule has 1 fully saturated rings. The minimum Gasteiger partial charge on any atom is -0.313 e. The number of nitrogens with one attached hydrogen (secondary N) is 2. The van der Waals surface area contributed by atoms with E-state index in [9.17, 15) is 0 Å². The maximum absolute atomic E-state index is 3.57. The molecule has 2 nitrogen and oxygen atoms in total. The van der Waals surface area contributed by atoms with Crippen LogP contribution >= 0.6 is 0 Å². The molecule has 2 aromatic carbocycles. The van der Waals surface area contributed by atoms with Crippen LogP contribution in [0.1, 0.15) is 18.4 Å². The molecule has 1 aliphatic heterocycles. The van der Waals surface area contributed by atoms with Crippen LogP contribution in [-0.4, -0.2) is 19.1 Å². The Bertz CT molecular complexity index is 510. The van der Waals surface area contributed by atoms with Gasteiger partial charge in [-0.15, -0.1) is 0 Å². The summed E-state index contributed by atoms with van der Waals surface area (Å²) in [5.74, 6) is 0. The van der Waals surface area contributed by atoms with Crippen molar-refractivity contribution in [2.24, 2.45) is 0 Å². The van der Waals surface area contributed by atoms with Crippen molar-refractivity contribution in [3.8, 4) is 0 Å². The fourth-order valence-corrected chi connectivity index (χ4v) is 2.76. The average molecular weight is 240 g/mol. The first-order valence-corrected chi connectivity index (χ1v) is 6.84. The standard InChI is InChI=1S/C16H20N2/c1-2-9-16-13(5-1)6-3-7-14(16)11-17-12-15-8-4-10-18-15/h1-3,5-7,9,15,17-18H,4,8,10-12H2/t15-/m0/s1. The highest BCUT2D eigenvalue weighted by atomic mass is 15.0. The quantitative estimate of drug-likeness (QED) is 0.858. The lowest BCUT2D eigenvalue weighted by atomic mass is 10.0. The topological polar surface area (TPSA) is 24.1 Å². The third-order valence-corrected chi connectivity index (χ3v) is 3.75.